The van der Waals surface area contributed by atoms with Gasteiger partial charge in [-0.2, -0.15) is 0 Å². The Balaban J connectivity index is 0.975. The van der Waals surface area contributed by atoms with E-state index in [0.29, 0.717) is 0 Å². The summed E-state index contributed by atoms with van der Waals surface area (Å²) in [5.74, 6) is 0. The highest BCUT2D eigenvalue weighted by Crippen LogP contribution is 2.47. The van der Waals surface area contributed by atoms with Gasteiger partial charge in [-0.05, 0) is 105 Å². The molecule has 0 radical (unpaired) electrons. The molecule has 0 saturated heterocycles. The average Bonchev–Trinajstić information content (AvgIpc) is 3.93. The summed E-state index contributed by atoms with van der Waals surface area (Å²) in [6.07, 6.45) is 0. The third-order valence-corrected chi connectivity index (χ3v) is 13.2. The molecule has 0 N–H and O–H groups in total. The Hall–Kier alpha value is -8.66. The SMILES string of the molecule is c1cc(-c2ccc(N(c3ccccc3-c3ccc4oc5c6ccccc6ccc5c4c3)c3ccccc3-c3cccc4ccccc34)cc2)cc(-n2c3ccccc3c3ccccc32)c1. The molecule has 13 aromatic rings. The van der Waals surface area contributed by atoms with E-state index in [1.165, 1.54) is 43.5 Å². The molecule has 0 aliphatic heterocycles. The molecule has 2 aromatic heterocycles. The average molecular weight is 829 g/mol. The first-order chi connectivity index (χ1) is 32.2. The van der Waals surface area contributed by atoms with E-state index in [9.17, 15) is 0 Å². The van der Waals surface area contributed by atoms with Crippen LogP contribution >= 0.6 is 0 Å². The topological polar surface area (TPSA) is 21.3 Å². The van der Waals surface area contributed by atoms with Gasteiger partial charge >= 0.3 is 0 Å². The highest BCUT2D eigenvalue weighted by atomic mass is 16.3. The molecule has 11 aromatic carbocycles. The zero-order chi connectivity index (χ0) is 42.8. The third-order valence-electron chi connectivity index (χ3n) is 13.2. The lowest BCUT2D eigenvalue weighted by atomic mass is 9.95. The minimum Gasteiger partial charge on any atom is -0.455 e. The quantitative estimate of drug-likeness (QED) is 0.160. The molecule has 0 atom stereocenters. The molecule has 0 saturated carbocycles. The minimum absolute atomic E-state index is 0.883. The third kappa shape index (κ3) is 6.05. The number of anilines is 3. The number of benzene rings is 11. The Bertz CT molecular complexity index is 3910. The van der Waals surface area contributed by atoms with Crippen LogP contribution in [0.25, 0.3) is 104 Å². The van der Waals surface area contributed by atoms with Gasteiger partial charge in [0.25, 0.3) is 0 Å². The van der Waals surface area contributed by atoms with Crippen molar-refractivity contribution >= 4 is 82.4 Å². The van der Waals surface area contributed by atoms with Gasteiger partial charge in [0.1, 0.15) is 11.2 Å². The molecule has 3 nitrogen and oxygen atoms in total. The number of fused-ring (bicyclic) bond motifs is 9. The van der Waals surface area contributed by atoms with E-state index in [-0.39, 0.29) is 0 Å². The van der Waals surface area contributed by atoms with Gasteiger partial charge in [0.2, 0.25) is 0 Å². The van der Waals surface area contributed by atoms with Crippen molar-refractivity contribution in [3.8, 4) is 39.1 Å². The Labute approximate surface area is 376 Å². The fraction of sp³-hybridized carbons (Fsp3) is 0. The highest BCUT2D eigenvalue weighted by molar-refractivity contribution is 6.16. The lowest BCUT2D eigenvalue weighted by Gasteiger charge is -2.30. The van der Waals surface area contributed by atoms with Gasteiger partial charge in [-0.3, -0.25) is 0 Å². The number of para-hydroxylation sites is 4. The van der Waals surface area contributed by atoms with Crippen LogP contribution in [0.4, 0.5) is 17.1 Å². The van der Waals surface area contributed by atoms with Gasteiger partial charge in [-0.25, -0.2) is 0 Å². The fourth-order valence-electron chi connectivity index (χ4n) is 10.2. The molecule has 65 heavy (non-hydrogen) atoms. The predicted octanol–water partition coefficient (Wildman–Crippen LogP) is 17.5. The molecular formula is C62H40N2O. The second-order valence-corrected chi connectivity index (χ2v) is 16.8. The Morgan fingerprint density at radius 1 is 0.323 bits per heavy atom. The first-order valence-corrected chi connectivity index (χ1v) is 22.2. The molecule has 0 amide bonds. The normalized spacial score (nSPS) is 11.7. The van der Waals surface area contributed by atoms with Crippen molar-refractivity contribution in [2.24, 2.45) is 0 Å². The first kappa shape index (κ1) is 36.9. The van der Waals surface area contributed by atoms with Gasteiger partial charge in [0.15, 0.2) is 0 Å². The number of hydrogen-bond donors (Lipinski definition) is 0. The van der Waals surface area contributed by atoms with Crippen LogP contribution < -0.4 is 4.90 Å². The van der Waals surface area contributed by atoms with Crippen LogP contribution in [0.3, 0.4) is 0 Å². The van der Waals surface area contributed by atoms with Crippen LogP contribution in [0, 0.1) is 0 Å². The van der Waals surface area contributed by atoms with Gasteiger partial charge in [-0.15, -0.1) is 0 Å². The zero-order valence-corrected chi connectivity index (χ0v) is 35.4. The van der Waals surface area contributed by atoms with Crippen molar-refractivity contribution in [2.75, 3.05) is 4.90 Å². The van der Waals surface area contributed by atoms with Crippen molar-refractivity contribution in [2.45, 2.75) is 0 Å². The van der Waals surface area contributed by atoms with Crippen molar-refractivity contribution in [1.29, 1.82) is 0 Å². The van der Waals surface area contributed by atoms with Crippen LogP contribution in [0.1, 0.15) is 0 Å². The van der Waals surface area contributed by atoms with Crippen molar-refractivity contribution in [3.63, 3.8) is 0 Å². The maximum Gasteiger partial charge on any atom is 0.143 e. The molecule has 0 bridgehead atoms. The number of aromatic nitrogens is 1. The summed E-state index contributed by atoms with van der Waals surface area (Å²) in [4.78, 5) is 2.44. The number of furan rings is 1. The smallest absolute Gasteiger partial charge is 0.143 e. The van der Waals surface area contributed by atoms with Crippen molar-refractivity contribution < 1.29 is 4.42 Å². The molecule has 13 rings (SSSR count). The number of nitrogens with zero attached hydrogens (tertiary/aromatic N) is 2. The standard InChI is InChI=1S/C62H40N2O/c1-3-20-48-42(15-1)17-14-26-51(48)52-23-6-10-28-58(52)63(57-27-9-5-21-49(57)45-34-38-61-56(40-45)55-37-33-43-16-2-4-22-50(43)62(55)65-61)46-35-31-41(32-36-46)44-18-13-19-47(39-44)64-59-29-11-7-24-53(59)54-25-8-12-30-60(54)64/h1-40H. The van der Waals surface area contributed by atoms with Crippen molar-refractivity contribution in [1.82, 2.24) is 4.57 Å². The van der Waals surface area contributed by atoms with Gasteiger partial charge < -0.3 is 13.9 Å². The van der Waals surface area contributed by atoms with Gasteiger partial charge in [-0.1, -0.05) is 176 Å². The second-order valence-electron chi connectivity index (χ2n) is 16.8. The predicted molar refractivity (Wildman–Crippen MR) is 274 cm³/mol. The molecule has 0 unspecified atom stereocenters. The fourth-order valence-corrected chi connectivity index (χ4v) is 10.2. The number of hydrogen-bond acceptors (Lipinski definition) is 2. The molecule has 0 spiro atoms. The van der Waals surface area contributed by atoms with Crippen LogP contribution in [-0.2, 0) is 0 Å². The van der Waals surface area contributed by atoms with Crippen LogP contribution in [0.2, 0.25) is 0 Å². The molecule has 2 heterocycles. The van der Waals surface area contributed by atoms with E-state index in [2.05, 4.69) is 252 Å². The molecule has 304 valence electrons. The summed E-state index contributed by atoms with van der Waals surface area (Å²) in [6.45, 7) is 0. The summed E-state index contributed by atoms with van der Waals surface area (Å²) in [7, 11) is 0. The van der Waals surface area contributed by atoms with Gasteiger partial charge in [0, 0.05) is 49.4 Å². The lowest BCUT2D eigenvalue weighted by Crippen LogP contribution is -2.12. The molecule has 0 aliphatic carbocycles. The largest absolute Gasteiger partial charge is 0.455 e. The first-order valence-electron chi connectivity index (χ1n) is 22.2. The van der Waals surface area contributed by atoms with E-state index in [4.69, 9.17) is 4.42 Å². The molecular weight excluding hydrogens is 789 g/mol. The summed E-state index contributed by atoms with van der Waals surface area (Å²) in [6, 6.07) is 87.8. The Kier molecular flexibility index (Phi) is 8.53. The summed E-state index contributed by atoms with van der Waals surface area (Å²) >= 11 is 0. The summed E-state index contributed by atoms with van der Waals surface area (Å²) < 4.78 is 8.96. The number of rotatable bonds is 7. The van der Waals surface area contributed by atoms with Crippen LogP contribution in [0.15, 0.2) is 247 Å². The second kappa shape index (κ2) is 15.0. The Morgan fingerprint density at radius 3 is 1.66 bits per heavy atom. The lowest BCUT2D eigenvalue weighted by molar-refractivity contribution is 0.672. The Morgan fingerprint density at radius 2 is 0.892 bits per heavy atom. The van der Waals surface area contributed by atoms with Crippen molar-refractivity contribution in [3.05, 3.63) is 243 Å². The molecule has 3 heteroatoms. The molecule has 0 fully saturated rings. The van der Waals surface area contributed by atoms with E-state index >= 15 is 0 Å². The zero-order valence-electron chi connectivity index (χ0n) is 35.4. The van der Waals surface area contributed by atoms with E-state index in [0.717, 1.165) is 77.9 Å². The van der Waals surface area contributed by atoms with E-state index in [1.807, 2.05) is 0 Å². The highest BCUT2D eigenvalue weighted by Gasteiger charge is 2.22. The van der Waals surface area contributed by atoms with E-state index < -0.39 is 0 Å². The summed E-state index contributed by atoms with van der Waals surface area (Å²) in [5.41, 5.74) is 15.5. The molecule has 0 aliphatic rings. The van der Waals surface area contributed by atoms with Gasteiger partial charge in [0.05, 0.1) is 22.4 Å². The maximum atomic E-state index is 6.57. The summed E-state index contributed by atoms with van der Waals surface area (Å²) in [5, 5.41) is 9.48. The monoisotopic (exact) mass is 828 g/mol. The van der Waals surface area contributed by atoms with Crippen LogP contribution in [-0.4, -0.2) is 4.57 Å². The maximum absolute atomic E-state index is 6.57. The van der Waals surface area contributed by atoms with E-state index in [1.54, 1.807) is 0 Å². The van der Waals surface area contributed by atoms with Crippen LogP contribution in [0.5, 0.6) is 0 Å². The minimum atomic E-state index is 0.883.